The molecule has 0 aromatic rings. The zero-order chi connectivity index (χ0) is 20.6. The lowest BCUT2D eigenvalue weighted by atomic mass is 9.93. The predicted molar refractivity (Wildman–Crippen MR) is 80.3 cm³/mol. The SMILES string of the molecule is CCO[Si](CCCC(C(=O)C(F)(F)F)C(=O)C(F)(F)F)(OCC)OCC. The maximum absolute atomic E-state index is 12.5. The van der Waals surface area contributed by atoms with E-state index in [-0.39, 0.29) is 32.3 Å². The van der Waals surface area contributed by atoms with Gasteiger partial charge in [-0.25, -0.2) is 0 Å². The molecule has 0 aromatic carbocycles. The Morgan fingerprint density at radius 1 is 0.808 bits per heavy atom. The smallest absolute Gasteiger partial charge is 0.374 e. The zero-order valence-electron chi connectivity index (χ0n) is 14.6. The van der Waals surface area contributed by atoms with Gasteiger partial charge in [0.1, 0.15) is 0 Å². The van der Waals surface area contributed by atoms with E-state index in [1.165, 1.54) is 0 Å². The van der Waals surface area contributed by atoms with Crippen molar-refractivity contribution in [3.05, 3.63) is 0 Å². The van der Waals surface area contributed by atoms with Gasteiger partial charge in [0.2, 0.25) is 11.6 Å². The lowest BCUT2D eigenvalue weighted by Crippen LogP contribution is -2.46. The average molecular weight is 412 g/mol. The first-order valence-corrected chi connectivity index (χ1v) is 9.91. The number of carbonyl (C=O) groups is 2. The van der Waals surface area contributed by atoms with Crippen LogP contribution in [0.2, 0.25) is 6.04 Å². The summed E-state index contributed by atoms with van der Waals surface area (Å²) in [6.07, 6.45) is -12.3. The van der Waals surface area contributed by atoms with Crippen molar-refractivity contribution < 1.29 is 49.2 Å². The standard InChI is InChI=1S/C14H22F6O5Si/c1-4-23-26(24-5-2,25-6-3)9-7-8-10(11(21)13(15,16)17)12(22)14(18,19)20/h10H,4-9H2,1-3H3. The fourth-order valence-electron chi connectivity index (χ4n) is 2.30. The maximum Gasteiger partial charge on any atom is 0.500 e. The van der Waals surface area contributed by atoms with Crippen molar-refractivity contribution in [1.29, 1.82) is 0 Å². The number of halogens is 6. The van der Waals surface area contributed by atoms with Crippen molar-refractivity contribution in [1.82, 2.24) is 0 Å². The molecule has 12 heteroatoms. The molecule has 0 bridgehead atoms. The van der Waals surface area contributed by atoms with Crippen LogP contribution < -0.4 is 0 Å². The molecule has 0 saturated heterocycles. The lowest BCUT2D eigenvalue weighted by molar-refractivity contribution is -0.189. The Balaban J connectivity index is 5.28. The van der Waals surface area contributed by atoms with E-state index in [9.17, 15) is 35.9 Å². The van der Waals surface area contributed by atoms with E-state index >= 15 is 0 Å². The molecule has 154 valence electrons. The van der Waals surface area contributed by atoms with Gasteiger partial charge in [-0.3, -0.25) is 9.59 Å². The van der Waals surface area contributed by atoms with E-state index in [0.29, 0.717) is 0 Å². The summed E-state index contributed by atoms with van der Waals surface area (Å²) < 4.78 is 91.5. The van der Waals surface area contributed by atoms with Crippen molar-refractivity contribution >= 4 is 20.4 Å². The van der Waals surface area contributed by atoms with Gasteiger partial charge < -0.3 is 13.3 Å². The molecule has 0 radical (unpaired) electrons. The maximum atomic E-state index is 12.5. The van der Waals surface area contributed by atoms with Gasteiger partial charge in [-0.05, 0) is 33.6 Å². The van der Waals surface area contributed by atoms with Crippen molar-refractivity contribution in [3.8, 4) is 0 Å². The molecular formula is C14H22F6O5Si. The molecule has 0 aliphatic heterocycles. The molecule has 0 unspecified atom stereocenters. The van der Waals surface area contributed by atoms with Gasteiger partial charge in [0, 0.05) is 25.9 Å². The van der Waals surface area contributed by atoms with Crippen LogP contribution in [-0.2, 0) is 22.9 Å². The highest BCUT2D eigenvalue weighted by atomic mass is 28.4. The highest BCUT2D eigenvalue weighted by molar-refractivity contribution is 6.60. The van der Waals surface area contributed by atoms with Crippen LogP contribution >= 0.6 is 0 Å². The third kappa shape index (κ3) is 7.72. The van der Waals surface area contributed by atoms with Gasteiger partial charge in [-0.1, -0.05) is 0 Å². The van der Waals surface area contributed by atoms with Gasteiger partial charge in [0.15, 0.2) is 0 Å². The Morgan fingerprint density at radius 2 is 1.15 bits per heavy atom. The number of ketones is 2. The molecule has 0 N–H and O–H groups in total. The van der Waals surface area contributed by atoms with Crippen molar-refractivity contribution in [2.75, 3.05) is 19.8 Å². The number of hydrogen-bond donors (Lipinski definition) is 0. The van der Waals surface area contributed by atoms with E-state index < -0.39 is 45.1 Å². The summed E-state index contributed by atoms with van der Waals surface area (Å²) in [5.41, 5.74) is 0. The molecule has 26 heavy (non-hydrogen) atoms. The number of carbonyl (C=O) groups excluding carboxylic acids is 2. The Kier molecular flexibility index (Phi) is 9.98. The van der Waals surface area contributed by atoms with Gasteiger partial charge in [0.25, 0.3) is 0 Å². The predicted octanol–water partition coefficient (Wildman–Crippen LogP) is 3.69. The van der Waals surface area contributed by atoms with Crippen LogP contribution in [0.3, 0.4) is 0 Å². The minimum atomic E-state index is -5.54. The Morgan fingerprint density at radius 3 is 1.42 bits per heavy atom. The van der Waals surface area contributed by atoms with Gasteiger partial charge in [-0.2, -0.15) is 26.3 Å². The summed E-state index contributed by atoms with van der Waals surface area (Å²) in [6, 6.07) is -0.116. The molecule has 0 aliphatic rings. The first kappa shape index (κ1) is 25.0. The fourth-order valence-corrected chi connectivity index (χ4v) is 4.94. The second-order valence-corrected chi connectivity index (χ2v) is 7.88. The number of rotatable bonds is 12. The molecule has 0 amide bonds. The molecular weight excluding hydrogens is 390 g/mol. The van der Waals surface area contributed by atoms with Crippen molar-refractivity contribution in [3.63, 3.8) is 0 Å². The summed E-state index contributed by atoms with van der Waals surface area (Å²) in [5.74, 6) is -8.26. The topological polar surface area (TPSA) is 61.8 Å². The first-order chi connectivity index (χ1) is 11.8. The van der Waals surface area contributed by atoms with Crippen LogP contribution in [0.15, 0.2) is 0 Å². The van der Waals surface area contributed by atoms with Gasteiger partial charge in [-0.15, -0.1) is 0 Å². The summed E-state index contributed by atoms with van der Waals surface area (Å²) in [7, 11) is -3.31. The lowest BCUT2D eigenvalue weighted by Gasteiger charge is -2.29. The van der Waals surface area contributed by atoms with Crippen LogP contribution in [0.4, 0.5) is 26.3 Å². The molecule has 0 spiro atoms. The summed E-state index contributed by atoms with van der Waals surface area (Å²) >= 11 is 0. The van der Waals surface area contributed by atoms with Gasteiger partial charge in [0.05, 0.1) is 5.92 Å². The third-order valence-corrected chi connectivity index (χ3v) is 6.41. The number of alkyl halides is 6. The molecule has 0 atom stereocenters. The Hall–Kier alpha value is -0.983. The summed E-state index contributed by atoms with van der Waals surface area (Å²) in [4.78, 5) is 22.5. The normalized spacial score (nSPS) is 13.3. The highest BCUT2D eigenvalue weighted by Gasteiger charge is 2.53. The summed E-state index contributed by atoms with van der Waals surface area (Å²) in [6.45, 7) is 5.38. The van der Waals surface area contributed by atoms with Crippen LogP contribution in [0, 0.1) is 5.92 Å². The Bertz CT molecular complexity index is 423. The molecule has 5 nitrogen and oxygen atoms in total. The quantitative estimate of drug-likeness (QED) is 0.278. The average Bonchev–Trinajstić information content (AvgIpc) is 2.49. The number of Topliss-reactive ketones (excluding diaryl/α,β-unsaturated/α-hetero) is 2. The van der Waals surface area contributed by atoms with E-state index in [4.69, 9.17) is 13.3 Å². The fraction of sp³-hybridized carbons (Fsp3) is 0.857. The van der Waals surface area contributed by atoms with Gasteiger partial charge >= 0.3 is 21.2 Å². The van der Waals surface area contributed by atoms with E-state index in [2.05, 4.69) is 0 Å². The van der Waals surface area contributed by atoms with E-state index in [0.717, 1.165) is 0 Å². The summed E-state index contributed by atoms with van der Waals surface area (Å²) in [5, 5.41) is 0. The Labute approximate surface area is 148 Å². The van der Waals surface area contributed by atoms with Crippen LogP contribution in [0.25, 0.3) is 0 Å². The van der Waals surface area contributed by atoms with Crippen LogP contribution in [-0.4, -0.2) is 52.5 Å². The molecule has 0 aliphatic carbocycles. The first-order valence-electron chi connectivity index (χ1n) is 7.98. The minimum absolute atomic E-state index is 0.116. The molecule has 0 saturated carbocycles. The largest absolute Gasteiger partial charge is 0.500 e. The van der Waals surface area contributed by atoms with Crippen LogP contribution in [0.1, 0.15) is 33.6 Å². The van der Waals surface area contributed by atoms with E-state index in [1.54, 1.807) is 20.8 Å². The zero-order valence-corrected chi connectivity index (χ0v) is 15.6. The second-order valence-electron chi connectivity index (χ2n) is 5.15. The van der Waals surface area contributed by atoms with Crippen LogP contribution in [0.5, 0.6) is 0 Å². The third-order valence-electron chi connectivity index (χ3n) is 3.26. The monoisotopic (exact) mass is 412 g/mol. The molecule has 0 fully saturated rings. The second kappa shape index (κ2) is 10.4. The van der Waals surface area contributed by atoms with E-state index in [1.807, 2.05) is 0 Å². The number of hydrogen-bond acceptors (Lipinski definition) is 5. The van der Waals surface area contributed by atoms with Crippen molar-refractivity contribution in [2.45, 2.75) is 52.0 Å². The van der Waals surface area contributed by atoms with Crippen molar-refractivity contribution in [2.24, 2.45) is 5.92 Å². The molecule has 0 heterocycles. The molecule has 0 rings (SSSR count). The minimum Gasteiger partial charge on any atom is -0.374 e. The highest BCUT2D eigenvalue weighted by Crippen LogP contribution is 2.31. The molecule has 0 aromatic heterocycles.